The van der Waals surface area contributed by atoms with Gasteiger partial charge >= 0.3 is 0 Å². The minimum atomic E-state index is 0.259. The maximum Gasteiger partial charge on any atom is 0.231 e. The van der Waals surface area contributed by atoms with Gasteiger partial charge in [0.05, 0.1) is 0 Å². The zero-order chi connectivity index (χ0) is 18.8. The van der Waals surface area contributed by atoms with Gasteiger partial charge < -0.3 is 20.1 Å². The predicted molar refractivity (Wildman–Crippen MR) is 106 cm³/mol. The van der Waals surface area contributed by atoms with Crippen LogP contribution >= 0.6 is 0 Å². The molecule has 0 aliphatic carbocycles. The van der Waals surface area contributed by atoms with Crippen LogP contribution in [0.4, 0.5) is 23.1 Å². The number of nitrogens with one attached hydrogen (secondary N) is 2. The number of anilines is 4. The summed E-state index contributed by atoms with van der Waals surface area (Å²) in [5.74, 6) is 3.14. The van der Waals surface area contributed by atoms with Crippen molar-refractivity contribution in [3.8, 4) is 11.5 Å². The molecule has 0 amide bonds. The SMILES string of the molecule is Cc1cccc(C(C)C)c1Nc1nccc(Nc2ccc3c(c2)OCO3)n1. The Hall–Kier alpha value is -3.28. The van der Waals surface area contributed by atoms with E-state index in [2.05, 4.69) is 59.6 Å². The number of nitrogens with zero attached hydrogens (tertiary/aromatic N) is 2. The first-order valence-electron chi connectivity index (χ1n) is 8.96. The van der Waals surface area contributed by atoms with Gasteiger partial charge in [-0.05, 0) is 42.2 Å². The summed E-state index contributed by atoms with van der Waals surface area (Å²) in [7, 11) is 0. The Morgan fingerprint density at radius 1 is 1.00 bits per heavy atom. The molecule has 0 fully saturated rings. The molecule has 4 rings (SSSR count). The summed E-state index contributed by atoms with van der Waals surface area (Å²) in [6.45, 7) is 6.70. The van der Waals surface area contributed by atoms with Crippen LogP contribution in [0.2, 0.25) is 0 Å². The van der Waals surface area contributed by atoms with Crippen LogP contribution in [-0.4, -0.2) is 16.8 Å². The lowest BCUT2D eigenvalue weighted by Crippen LogP contribution is -2.04. The van der Waals surface area contributed by atoms with E-state index in [1.807, 2.05) is 24.3 Å². The van der Waals surface area contributed by atoms with Crippen molar-refractivity contribution >= 4 is 23.1 Å². The van der Waals surface area contributed by atoms with E-state index in [4.69, 9.17) is 9.47 Å². The van der Waals surface area contributed by atoms with Crippen molar-refractivity contribution in [3.63, 3.8) is 0 Å². The largest absolute Gasteiger partial charge is 0.454 e. The predicted octanol–water partition coefficient (Wildman–Crippen LogP) is 5.12. The molecule has 27 heavy (non-hydrogen) atoms. The number of ether oxygens (including phenoxy) is 2. The van der Waals surface area contributed by atoms with Gasteiger partial charge in [0, 0.05) is 23.6 Å². The van der Waals surface area contributed by atoms with Gasteiger partial charge in [0.15, 0.2) is 11.5 Å². The summed E-state index contributed by atoms with van der Waals surface area (Å²) in [4.78, 5) is 8.96. The van der Waals surface area contributed by atoms with Crippen LogP contribution in [0.15, 0.2) is 48.7 Å². The molecule has 6 heteroatoms. The van der Waals surface area contributed by atoms with Crippen molar-refractivity contribution in [2.45, 2.75) is 26.7 Å². The van der Waals surface area contributed by atoms with Crippen LogP contribution < -0.4 is 20.1 Å². The first kappa shape index (κ1) is 17.1. The number of aromatic nitrogens is 2. The third kappa shape index (κ3) is 3.65. The minimum absolute atomic E-state index is 0.259. The number of hydrogen-bond acceptors (Lipinski definition) is 6. The fourth-order valence-corrected chi connectivity index (χ4v) is 3.06. The van der Waals surface area contributed by atoms with Gasteiger partial charge in [-0.3, -0.25) is 0 Å². The van der Waals surface area contributed by atoms with Gasteiger partial charge in [-0.15, -0.1) is 0 Å². The second kappa shape index (κ2) is 7.15. The highest BCUT2D eigenvalue weighted by Crippen LogP contribution is 2.35. The van der Waals surface area contributed by atoms with Gasteiger partial charge in [-0.25, -0.2) is 4.98 Å². The average Bonchev–Trinajstić information content (AvgIpc) is 3.11. The molecular weight excluding hydrogens is 340 g/mol. The van der Waals surface area contributed by atoms with Gasteiger partial charge in [-0.1, -0.05) is 32.0 Å². The molecule has 0 radical (unpaired) electrons. The van der Waals surface area contributed by atoms with E-state index in [0.29, 0.717) is 17.7 Å². The molecular formula is C21H22N4O2. The van der Waals surface area contributed by atoms with Crippen LogP contribution in [0, 0.1) is 6.92 Å². The molecule has 2 N–H and O–H groups in total. The van der Waals surface area contributed by atoms with Crippen LogP contribution in [0.1, 0.15) is 30.9 Å². The number of para-hydroxylation sites is 1. The lowest BCUT2D eigenvalue weighted by molar-refractivity contribution is 0.174. The molecule has 0 saturated heterocycles. The first-order chi connectivity index (χ1) is 13.1. The zero-order valence-corrected chi connectivity index (χ0v) is 15.6. The highest BCUT2D eigenvalue weighted by atomic mass is 16.7. The quantitative estimate of drug-likeness (QED) is 0.656. The molecule has 0 unspecified atom stereocenters. The Bertz CT molecular complexity index is 972. The van der Waals surface area contributed by atoms with E-state index in [1.165, 1.54) is 11.1 Å². The van der Waals surface area contributed by atoms with Crippen molar-refractivity contribution in [2.24, 2.45) is 0 Å². The Morgan fingerprint density at radius 3 is 2.70 bits per heavy atom. The minimum Gasteiger partial charge on any atom is -0.454 e. The molecule has 1 aliphatic heterocycles. The van der Waals surface area contributed by atoms with Crippen LogP contribution in [0.3, 0.4) is 0 Å². The second-order valence-corrected chi connectivity index (χ2v) is 6.78. The first-order valence-corrected chi connectivity index (χ1v) is 8.96. The summed E-state index contributed by atoms with van der Waals surface area (Å²) < 4.78 is 10.8. The third-order valence-corrected chi connectivity index (χ3v) is 4.46. The average molecular weight is 362 g/mol. The molecule has 138 valence electrons. The van der Waals surface area contributed by atoms with Crippen molar-refractivity contribution < 1.29 is 9.47 Å². The van der Waals surface area contributed by atoms with Crippen LogP contribution in [0.5, 0.6) is 11.5 Å². The van der Waals surface area contributed by atoms with Crippen molar-refractivity contribution in [3.05, 3.63) is 59.8 Å². The van der Waals surface area contributed by atoms with E-state index < -0.39 is 0 Å². The van der Waals surface area contributed by atoms with E-state index >= 15 is 0 Å². The maximum atomic E-state index is 5.42. The molecule has 0 bridgehead atoms. The topological polar surface area (TPSA) is 68.3 Å². The third-order valence-electron chi connectivity index (χ3n) is 4.46. The number of hydrogen-bond donors (Lipinski definition) is 2. The summed E-state index contributed by atoms with van der Waals surface area (Å²) in [5, 5.41) is 6.67. The summed E-state index contributed by atoms with van der Waals surface area (Å²) in [5.41, 5.74) is 4.35. The van der Waals surface area contributed by atoms with Gasteiger partial charge in [0.1, 0.15) is 5.82 Å². The number of benzene rings is 2. The highest BCUT2D eigenvalue weighted by Gasteiger charge is 2.14. The Kier molecular flexibility index (Phi) is 4.54. The van der Waals surface area contributed by atoms with E-state index in [-0.39, 0.29) is 6.79 Å². The van der Waals surface area contributed by atoms with E-state index in [0.717, 1.165) is 22.9 Å². The Morgan fingerprint density at radius 2 is 1.85 bits per heavy atom. The molecule has 1 aromatic heterocycles. The lowest BCUT2D eigenvalue weighted by Gasteiger charge is -2.16. The van der Waals surface area contributed by atoms with Crippen LogP contribution in [0.25, 0.3) is 0 Å². The van der Waals surface area contributed by atoms with Gasteiger partial charge in [-0.2, -0.15) is 4.98 Å². The van der Waals surface area contributed by atoms with Crippen molar-refractivity contribution in [1.82, 2.24) is 9.97 Å². The molecule has 6 nitrogen and oxygen atoms in total. The normalized spacial score (nSPS) is 12.3. The summed E-state index contributed by atoms with van der Waals surface area (Å²) >= 11 is 0. The fourth-order valence-electron chi connectivity index (χ4n) is 3.06. The maximum absolute atomic E-state index is 5.42. The summed E-state index contributed by atoms with van der Waals surface area (Å²) in [6.07, 6.45) is 1.73. The van der Waals surface area contributed by atoms with E-state index in [1.54, 1.807) is 6.20 Å². The fraction of sp³-hybridized carbons (Fsp3) is 0.238. The Balaban J connectivity index is 1.57. The monoisotopic (exact) mass is 362 g/mol. The molecule has 0 saturated carbocycles. The molecule has 3 aromatic rings. The molecule has 2 aromatic carbocycles. The van der Waals surface area contributed by atoms with Gasteiger partial charge in [0.2, 0.25) is 12.7 Å². The molecule has 1 aliphatic rings. The number of aryl methyl sites for hydroxylation is 1. The summed E-state index contributed by atoms with van der Waals surface area (Å²) in [6, 6.07) is 13.8. The molecule has 2 heterocycles. The second-order valence-electron chi connectivity index (χ2n) is 6.78. The number of fused-ring (bicyclic) bond motifs is 1. The van der Waals surface area contributed by atoms with Gasteiger partial charge in [0.25, 0.3) is 0 Å². The highest BCUT2D eigenvalue weighted by molar-refractivity contribution is 5.66. The standard InChI is InChI=1S/C21H22N4O2/c1-13(2)16-6-4-5-14(3)20(16)25-21-22-10-9-19(24-21)23-15-7-8-17-18(11-15)27-12-26-17/h4-11,13H,12H2,1-3H3,(H2,22,23,24,25). The van der Waals surface area contributed by atoms with Crippen LogP contribution in [-0.2, 0) is 0 Å². The van der Waals surface area contributed by atoms with Crippen molar-refractivity contribution in [2.75, 3.05) is 17.4 Å². The lowest BCUT2D eigenvalue weighted by atomic mass is 9.98. The Labute approximate surface area is 158 Å². The molecule has 0 spiro atoms. The smallest absolute Gasteiger partial charge is 0.231 e. The number of rotatable bonds is 5. The van der Waals surface area contributed by atoms with Crippen molar-refractivity contribution in [1.29, 1.82) is 0 Å². The molecule has 0 atom stereocenters. The zero-order valence-electron chi connectivity index (χ0n) is 15.6. The van der Waals surface area contributed by atoms with E-state index in [9.17, 15) is 0 Å².